The Morgan fingerprint density at radius 3 is 2.66 bits per heavy atom. The number of ether oxygens (including phenoxy) is 1. The molecule has 7 heteroatoms. The first-order valence-corrected chi connectivity index (χ1v) is 11.0. The average molecular weight is 499 g/mol. The van der Waals surface area contributed by atoms with Crippen molar-refractivity contribution in [3.8, 4) is 5.75 Å². The molecule has 1 aliphatic carbocycles. The smallest absolute Gasteiger partial charge is 0.255 e. The van der Waals surface area contributed by atoms with E-state index in [1.165, 1.54) is 29.8 Å². The highest BCUT2D eigenvalue weighted by atomic mass is 79.9. The summed E-state index contributed by atoms with van der Waals surface area (Å²) < 4.78 is 19.2. The predicted octanol–water partition coefficient (Wildman–Crippen LogP) is 6.21. The molecule has 0 aromatic heterocycles. The molecule has 2 aromatic carbocycles. The molecule has 0 aliphatic heterocycles. The van der Waals surface area contributed by atoms with Gasteiger partial charge in [-0.2, -0.15) is 0 Å². The van der Waals surface area contributed by atoms with Crippen LogP contribution in [-0.2, 0) is 11.2 Å². The number of alkyl halides is 3. The van der Waals surface area contributed by atoms with E-state index in [2.05, 4.69) is 21.2 Å². The summed E-state index contributed by atoms with van der Waals surface area (Å²) in [6.45, 7) is 0. The summed E-state index contributed by atoms with van der Waals surface area (Å²) in [5.41, 5.74) is 1.88. The van der Waals surface area contributed by atoms with E-state index in [1.54, 1.807) is 18.2 Å². The Hall–Kier alpha value is -1.82. The van der Waals surface area contributed by atoms with Gasteiger partial charge in [0.15, 0.2) is 0 Å². The number of amides is 1. The molecule has 0 saturated heterocycles. The number of anilines is 1. The average Bonchev–Trinajstić information content (AvgIpc) is 2.69. The summed E-state index contributed by atoms with van der Waals surface area (Å²) in [6, 6.07) is 13.3. The molecule has 0 bridgehead atoms. The van der Waals surface area contributed by atoms with E-state index in [4.69, 9.17) is 27.9 Å². The summed E-state index contributed by atoms with van der Waals surface area (Å²) in [6.07, 6.45) is 6.64. The third-order valence-electron chi connectivity index (χ3n) is 4.33. The SMILES string of the molecule is O=C(Nc1cccc(F)c1)C1=CC(Cl)C(Cl)(Oc2ccc(CCCBr)cc2)C=C1. The van der Waals surface area contributed by atoms with E-state index in [0.717, 1.165) is 18.2 Å². The van der Waals surface area contributed by atoms with Gasteiger partial charge in [-0.15, -0.1) is 11.6 Å². The molecule has 1 N–H and O–H groups in total. The van der Waals surface area contributed by atoms with Crippen LogP contribution in [0.25, 0.3) is 0 Å². The molecule has 3 nitrogen and oxygen atoms in total. The minimum atomic E-state index is -1.32. The second-order valence-corrected chi connectivity index (χ2v) is 8.41. The number of hydrogen-bond donors (Lipinski definition) is 1. The molecule has 0 heterocycles. The van der Waals surface area contributed by atoms with Crippen LogP contribution in [-0.4, -0.2) is 21.7 Å². The molecular weight excluding hydrogens is 480 g/mol. The van der Waals surface area contributed by atoms with Crippen molar-refractivity contribution in [2.45, 2.75) is 23.3 Å². The highest BCUT2D eigenvalue weighted by molar-refractivity contribution is 9.09. The van der Waals surface area contributed by atoms with Crippen molar-refractivity contribution < 1.29 is 13.9 Å². The number of halogens is 4. The molecule has 3 rings (SSSR count). The summed E-state index contributed by atoms with van der Waals surface area (Å²) >= 11 is 16.4. The summed E-state index contributed by atoms with van der Waals surface area (Å²) in [5.74, 6) is -0.260. The van der Waals surface area contributed by atoms with Gasteiger partial charge in [-0.05, 0) is 67.0 Å². The van der Waals surface area contributed by atoms with Gasteiger partial charge in [0.25, 0.3) is 5.91 Å². The monoisotopic (exact) mass is 497 g/mol. The van der Waals surface area contributed by atoms with Gasteiger partial charge in [-0.1, -0.05) is 45.7 Å². The number of carbonyl (C=O) groups is 1. The second kappa shape index (κ2) is 9.79. The zero-order valence-corrected chi connectivity index (χ0v) is 18.5. The Balaban J connectivity index is 1.65. The van der Waals surface area contributed by atoms with Gasteiger partial charge in [0.2, 0.25) is 5.06 Å². The maximum Gasteiger partial charge on any atom is 0.255 e. The van der Waals surface area contributed by atoms with Crippen molar-refractivity contribution >= 4 is 50.7 Å². The Labute approximate surface area is 187 Å². The molecule has 0 radical (unpaired) electrons. The van der Waals surface area contributed by atoms with Crippen LogP contribution >= 0.6 is 39.1 Å². The minimum Gasteiger partial charge on any atom is -0.466 e. The van der Waals surface area contributed by atoms with Crippen LogP contribution in [0.5, 0.6) is 5.75 Å². The van der Waals surface area contributed by atoms with Crippen molar-refractivity contribution in [2.75, 3.05) is 10.6 Å². The van der Waals surface area contributed by atoms with E-state index >= 15 is 0 Å². The lowest BCUT2D eigenvalue weighted by atomic mass is 10.0. The first-order chi connectivity index (χ1) is 13.9. The molecule has 1 aliphatic rings. The van der Waals surface area contributed by atoms with Gasteiger partial charge in [0, 0.05) is 16.6 Å². The topological polar surface area (TPSA) is 38.3 Å². The van der Waals surface area contributed by atoms with Crippen LogP contribution in [0, 0.1) is 5.82 Å². The lowest BCUT2D eigenvalue weighted by Gasteiger charge is -2.30. The van der Waals surface area contributed by atoms with Gasteiger partial charge in [-0.25, -0.2) is 4.39 Å². The Morgan fingerprint density at radius 1 is 1.24 bits per heavy atom. The van der Waals surface area contributed by atoms with Crippen LogP contribution in [0.15, 0.2) is 72.3 Å². The van der Waals surface area contributed by atoms with Gasteiger partial charge < -0.3 is 10.1 Å². The maximum atomic E-state index is 13.3. The zero-order valence-electron chi connectivity index (χ0n) is 15.4. The molecular formula is C22H19BrCl2FNO2. The minimum absolute atomic E-state index is 0.319. The van der Waals surface area contributed by atoms with Crippen LogP contribution in [0.2, 0.25) is 0 Å². The summed E-state index contributed by atoms with van der Waals surface area (Å²) in [7, 11) is 0. The van der Waals surface area contributed by atoms with E-state index in [1.807, 2.05) is 24.3 Å². The van der Waals surface area contributed by atoms with Gasteiger partial charge in [0.1, 0.15) is 16.9 Å². The van der Waals surface area contributed by atoms with Crippen LogP contribution in [0.3, 0.4) is 0 Å². The molecule has 152 valence electrons. The number of benzene rings is 2. The molecule has 29 heavy (non-hydrogen) atoms. The fourth-order valence-electron chi connectivity index (χ4n) is 2.81. The quantitative estimate of drug-likeness (QED) is 0.461. The Kier molecular flexibility index (Phi) is 7.38. The van der Waals surface area contributed by atoms with Gasteiger partial charge >= 0.3 is 0 Å². The highest BCUT2D eigenvalue weighted by Gasteiger charge is 2.37. The van der Waals surface area contributed by atoms with Crippen molar-refractivity contribution in [3.63, 3.8) is 0 Å². The Bertz CT molecular complexity index is 933. The molecule has 0 saturated carbocycles. The number of rotatable bonds is 7. The van der Waals surface area contributed by atoms with E-state index in [-0.39, 0.29) is 0 Å². The van der Waals surface area contributed by atoms with E-state index in [9.17, 15) is 9.18 Å². The highest BCUT2D eigenvalue weighted by Crippen LogP contribution is 2.35. The standard InChI is InChI=1S/C22H19BrCl2FNO2/c23-12-2-3-15-6-8-19(9-7-15)29-22(25)11-10-16(13-20(22)24)21(28)27-18-5-1-4-17(26)14-18/h1,4-11,13-14,20H,2-3,12H2,(H,27,28). The molecule has 1 amide bonds. The van der Waals surface area contributed by atoms with E-state index < -0.39 is 22.2 Å². The van der Waals surface area contributed by atoms with Gasteiger partial charge in [0.05, 0.1) is 0 Å². The Morgan fingerprint density at radius 2 is 2.00 bits per heavy atom. The van der Waals surface area contributed by atoms with E-state index in [0.29, 0.717) is 17.0 Å². The first-order valence-electron chi connectivity index (χ1n) is 9.04. The van der Waals surface area contributed by atoms with Crippen molar-refractivity contribution in [3.05, 3.63) is 83.7 Å². The molecule has 0 fully saturated rings. The van der Waals surface area contributed by atoms with Crippen LogP contribution in [0.4, 0.5) is 10.1 Å². The molecule has 2 atom stereocenters. The normalized spacial score (nSPS) is 20.8. The number of aryl methyl sites for hydroxylation is 1. The van der Waals surface area contributed by atoms with Crippen molar-refractivity contribution in [1.29, 1.82) is 0 Å². The predicted molar refractivity (Wildman–Crippen MR) is 120 cm³/mol. The van der Waals surface area contributed by atoms with Crippen LogP contribution in [0.1, 0.15) is 12.0 Å². The fourth-order valence-corrected chi connectivity index (χ4v) is 3.56. The zero-order chi connectivity index (χ0) is 20.9. The lowest BCUT2D eigenvalue weighted by Crippen LogP contribution is -2.38. The summed E-state index contributed by atoms with van der Waals surface area (Å²) in [4.78, 5) is 12.4. The van der Waals surface area contributed by atoms with Crippen molar-refractivity contribution in [2.24, 2.45) is 0 Å². The maximum absolute atomic E-state index is 13.3. The lowest BCUT2D eigenvalue weighted by molar-refractivity contribution is -0.112. The number of hydrogen-bond acceptors (Lipinski definition) is 2. The molecule has 2 unspecified atom stereocenters. The fraction of sp³-hybridized carbons (Fsp3) is 0.227. The largest absolute Gasteiger partial charge is 0.466 e. The van der Waals surface area contributed by atoms with Gasteiger partial charge in [-0.3, -0.25) is 4.79 Å². The first kappa shape index (κ1) is 21.9. The third-order valence-corrected chi connectivity index (χ3v) is 5.89. The summed E-state index contributed by atoms with van der Waals surface area (Å²) in [5, 5.41) is 1.48. The second-order valence-electron chi connectivity index (χ2n) is 6.56. The van der Waals surface area contributed by atoms with Crippen LogP contribution < -0.4 is 10.1 Å². The molecule has 2 aromatic rings. The number of carbonyl (C=O) groups excluding carboxylic acids is 1. The number of nitrogens with one attached hydrogen (secondary N) is 1. The van der Waals surface area contributed by atoms with Crippen molar-refractivity contribution in [1.82, 2.24) is 0 Å². The third kappa shape index (κ3) is 5.84. The molecule has 0 spiro atoms.